The number of fused-ring (bicyclic) bond motifs is 1. The number of hydrogen-bond acceptors (Lipinski definition) is 3. The van der Waals surface area contributed by atoms with Crippen molar-refractivity contribution < 1.29 is 4.79 Å². The van der Waals surface area contributed by atoms with Crippen LogP contribution in [0.5, 0.6) is 0 Å². The molecule has 0 saturated heterocycles. The van der Waals surface area contributed by atoms with Gasteiger partial charge in [0.05, 0.1) is 0 Å². The van der Waals surface area contributed by atoms with Crippen LogP contribution < -0.4 is 10.9 Å². The molecule has 2 N–H and O–H groups in total. The molecule has 0 aromatic carbocycles. The number of aromatic nitrogens is 1. The fourth-order valence-electron chi connectivity index (χ4n) is 2.54. The van der Waals surface area contributed by atoms with E-state index in [0.29, 0.717) is 12.5 Å². The molecule has 0 fully saturated rings. The van der Waals surface area contributed by atoms with Crippen molar-refractivity contribution in [1.82, 2.24) is 15.2 Å². The van der Waals surface area contributed by atoms with Crippen LogP contribution in [-0.2, 0) is 12.8 Å². The zero-order chi connectivity index (χ0) is 14.7. The zero-order valence-corrected chi connectivity index (χ0v) is 12.5. The van der Waals surface area contributed by atoms with Crippen LogP contribution in [0.4, 0.5) is 0 Å². The standard InChI is InChI=1S/C15H23N3O2/c1-10-4-5-13-11(8-10)9-12(15(20)17-13)14(19)16-6-7-18(2)3/h9-10H,4-8H2,1-3H3,(H,16,19)(H,17,20)/t10-/m1/s1. The second kappa shape index (κ2) is 6.22. The molecule has 0 saturated carbocycles. The van der Waals surface area contributed by atoms with Gasteiger partial charge in [-0.05, 0) is 50.9 Å². The minimum absolute atomic E-state index is 0.233. The predicted octanol–water partition coefficient (Wildman–Crippen LogP) is 0.791. The summed E-state index contributed by atoms with van der Waals surface area (Å²) in [6.07, 6.45) is 2.93. The van der Waals surface area contributed by atoms with E-state index in [-0.39, 0.29) is 17.0 Å². The highest BCUT2D eigenvalue weighted by molar-refractivity contribution is 5.94. The number of nitrogens with zero attached hydrogens (tertiary/aromatic N) is 1. The van der Waals surface area contributed by atoms with Crippen LogP contribution in [0, 0.1) is 5.92 Å². The molecule has 5 heteroatoms. The van der Waals surface area contributed by atoms with Gasteiger partial charge < -0.3 is 15.2 Å². The number of amides is 1. The third-order valence-corrected chi connectivity index (χ3v) is 3.76. The van der Waals surface area contributed by atoms with Gasteiger partial charge in [0.2, 0.25) is 0 Å². The molecule has 0 spiro atoms. The van der Waals surface area contributed by atoms with Crippen molar-refractivity contribution in [3.05, 3.63) is 33.2 Å². The van der Waals surface area contributed by atoms with Gasteiger partial charge in [0, 0.05) is 18.8 Å². The Morgan fingerprint density at radius 2 is 2.25 bits per heavy atom. The molecule has 1 aliphatic rings. The largest absolute Gasteiger partial charge is 0.351 e. The lowest BCUT2D eigenvalue weighted by molar-refractivity contribution is 0.0949. The Morgan fingerprint density at radius 3 is 2.95 bits per heavy atom. The van der Waals surface area contributed by atoms with Crippen LogP contribution in [0.3, 0.4) is 0 Å². The molecular formula is C15H23N3O2. The van der Waals surface area contributed by atoms with E-state index < -0.39 is 0 Å². The Balaban J connectivity index is 2.13. The van der Waals surface area contributed by atoms with Gasteiger partial charge in [-0.25, -0.2) is 0 Å². The quantitative estimate of drug-likeness (QED) is 0.855. The number of nitrogens with one attached hydrogen (secondary N) is 2. The SMILES string of the molecule is C[C@@H]1CCc2[nH]c(=O)c(C(=O)NCCN(C)C)cc2C1. The number of hydrogen-bond donors (Lipinski definition) is 2. The highest BCUT2D eigenvalue weighted by Gasteiger charge is 2.19. The predicted molar refractivity (Wildman–Crippen MR) is 79.1 cm³/mol. The molecule has 1 aromatic heterocycles. The third kappa shape index (κ3) is 3.48. The molecule has 0 radical (unpaired) electrons. The zero-order valence-electron chi connectivity index (χ0n) is 12.5. The van der Waals surface area contributed by atoms with E-state index in [1.165, 1.54) is 0 Å². The number of aryl methyl sites for hydroxylation is 1. The van der Waals surface area contributed by atoms with Gasteiger partial charge in [-0.15, -0.1) is 0 Å². The minimum Gasteiger partial charge on any atom is -0.351 e. The molecule has 1 aliphatic carbocycles. The van der Waals surface area contributed by atoms with Gasteiger partial charge in [-0.1, -0.05) is 6.92 Å². The number of carbonyl (C=O) groups excluding carboxylic acids is 1. The monoisotopic (exact) mass is 277 g/mol. The smallest absolute Gasteiger partial charge is 0.261 e. The minimum atomic E-state index is -0.283. The van der Waals surface area contributed by atoms with Crippen LogP contribution in [0.25, 0.3) is 0 Å². The van der Waals surface area contributed by atoms with Crippen LogP contribution >= 0.6 is 0 Å². The second-order valence-electron chi connectivity index (χ2n) is 5.92. The Hall–Kier alpha value is -1.62. The summed E-state index contributed by atoms with van der Waals surface area (Å²) in [7, 11) is 3.89. The summed E-state index contributed by atoms with van der Waals surface area (Å²) in [6, 6.07) is 1.77. The average molecular weight is 277 g/mol. The van der Waals surface area contributed by atoms with Crippen molar-refractivity contribution in [2.45, 2.75) is 26.2 Å². The van der Waals surface area contributed by atoms with Crippen molar-refractivity contribution >= 4 is 5.91 Å². The molecule has 1 heterocycles. The normalized spacial score (nSPS) is 17.9. The number of likely N-dealkylation sites (N-methyl/N-ethyl adjacent to an activating group) is 1. The summed E-state index contributed by atoms with van der Waals surface area (Å²) >= 11 is 0. The van der Waals surface area contributed by atoms with Crippen molar-refractivity contribution in [1.29, 1.82) is 0 Å². The molecule has 2 rings (SSSR count). The van der Waals surface area contributed by atoms with Crippen molar-refractivity contribution in [3.63, 3.8) is 0 Å². The highest BCUT2D eigenvalue weighted by Crippen LogP contribution is 2.23. The third-order valence-electron chi connectivity index (χ3n) is 3.76. The van der Waals surface area contributed by atoms with E-state index >= 15 is 0 Å². The van der Waals surface area contributed by atoms with Gasteiger partial charge in [0.25, 0.3) is 11.5 Å². The number of carbonyl (C=O) groups is 1. The Kier molecular flexibility index (Phi) is 4.60. The summed E-state index contributed by atoms with van der Waals surface area (Å²) in [4.78, 5) is 28.9. The average Bonchev–Trinajstić information content (AvgIpc) is 2.38. The van der Waals surface area contributed by atoms with Crippen molar-refractivity contribution in [2.75, 3.05) is 27.2 Å². The fraction of sp³-hybridized carbons (Fsp3) is 0.600. The molecule has 0 aliphatic heterocycles. The molecule has 1 atom stereocenters. The van der Waals surface area contributed by atoms with E-state index in [0.717, 1.165) is 37.1 Å². The molecule has 110 valence electrons. The van der Waals surface area contributed by atoms with Crippen LogP contribution in [-0.4, -0.2) is 43.0 Å². The Morgan fingerprint density at radius 1 is 1.50 bits per heavy atom. The lowest BCUT2D eigenvalue weighted by Crippen LogP contribution is -2.35. The molecule has 0 unspecified atom stereocenters. The van der Waals surface area contributed by atoms with Gasteiger partial charge in [0.1, 0.15) is 5.56 Å². The van der Waals surface area contributed by atoms with E-state index in [4.69, 9.17) is 0 Å². The highest BCUT2D eigenvalue weighted by atomic mass is 16.2. The lowest BCUT2D eigenvalue weighted by Gasteiger charge is -2.21. The first kappa shape index (κ1) is 14.8. The van der Waals surface area contributed by atoms with Crippen LogP contribution in [0.15, 0.2) is 10.9 Å². The lowest BCUT2D eigenvalue weighted by atomic mass is 9.87. The Labute approximate surface area is 119 Å². The molecule has 1 aromatic rings. The van der Waals surface area contributed by atoms with E-state index in [1.54, 1.807) is 6.07 Å². The van der Waals surface area contributed by atoms with Crippen molar-refractivity contribution in [2.24, 2.45) is 5.92 Å². The molecular weight excluding hydrogens is 254 g/mol. The van der Waals surface area contributed by atoms with E-state index in [2.05, 4.69) is 17.2 Å². The van der Waals surface area contributed by atoms with Gasteiger partial charge in [0.15, 0.2) is 0 Å². The number of rotatable bonds is 4. The summed E-state index contributed by atoms with van der Waals surface area (Å²) in [6.45, 7) is 3.50. The molecule has 0 bridgehead atoms. The second-order valence-corrected chi connectivity index (χ2v) is 5.92. The topological polar surface area (TPSA) is 65.2 Å². The van der Waals surface area contributed by atoms with Gasteiger partial charge in [-0.3, -0.25) is 9.59 Å². The molecule has 5 nitrogen and oxygen atoms in total. The summed E-state index contributed by atoms with van der Waals surface area (Å²) in [5, 5.41) is 2.79. The van der Waals surface area contributed by atoms with E-state index in [9.17, 15) is 9.59 Å². The van der Waals surface area contributed by atoms with Gasteiger partial charge >= 0.3 is 0 Å². The number of pyridine rings is 1. The molecule has 20 heavy (non-hydrogen) atoms. The maximum atomic E-state index is 12.1. The number of H-pyrrole nitrogens is 1. The first-order chi connectivity index (χ1) is 9.47. The first-order valence-electron chi connectivity index (χ1n) is 7.15. The summed E-state index contributed by atoms with van der Waals surface area (Å²) < 4.78 is 0. The Bertz CT molecular complexity index is 549. The molecule has 1 amide bonds. The fourth-order valence-corrected chi connectivity index (χ4v) is 2.54. The van der Waals surface area contributed by atoms with Crippen molar-refractivity contribution in [3.8, 4) is 0 Å². The number of aromatic amines is 1. The maximum absolute atomic E-state index is 12.1. The van der Waals surface area contributed by atoms with Crippen LogP contribution in [0.1, 0.15) is 35.0 Å². The van der Waals surface area contributed by atoms with Gasteiger partial charge in [-0.2, -0.15) is 0 Å². The van der Waals surface area contributed by atoms with E-state index in [1.807, 2.05) is 19.0 Å². The van der Waals surface area contributed by atoms with Crippen LogP contribution in [0.2, 0.25) is 0 Å². The summed E-state index contributed by atoms with van der Waals surface area (Å²) in [5.74, 6) is 0.326. The maximum Gasteiger partial charge on any atom is 0.261 e. The summed E-state index contributed by atoms with van der Waals surface area (Å²) in [5.41, 5.74) is 2.07. The first-order valence-corrected chi connectivity index (χ1v) is 7.15.